The summed E-state index contributed by atoms with van der Waals surface area (Å²) in [7, 11) is 0. The number of ketones is 1. The average molecular weight is 195 g/mol. The number of amides is 1. The molecule has 0 bridgehead atoms. The van der Waals surface area contributed by atoms with Crippen LogP contribution in [0.2, 0.25) is 0 Å². The maximum absolute atomic E-state index is 11.8. The van der Waals surface area contributed by atoms with Crippen molar-refractivity contribution in [3.8, 4) is 0 Å². The van der Waals surface area contributed by atoms with Gasteiger partial charge in [-0.25, -0.2) is 0 Å². The third-order valence-electron chi connectivity index (χ3n) is 3.74. The van der Waals surface area contributed by atoms with Crippen molar-refractivity contribution in [2.45, 2.75) is 39.8 Å². The minimum Gasteiger partial charge on any atom is -0.328 e. The van der Waals surface area contributed by atoms with Crippen molar-refractivity contribution in [3.05, 3.63) is 0 Å². The lowest BCUT2D eigenvalue weighted by Gasteiger charge is -2.47. The fraction of sp³-hybridized carbons (Fsp3) is 0.818. The first-order valence-corrected chi connectivity index (χ1v) is 5.32. The summed E-state index contributed by atoms with van der Waals surface area (Å²) in [6, 6.07) is 0.00231. The third kappa shape index (κ3) is 0.928. The van der Waals surface area contributed by atoms with E-state index in [1.807, 2.05) is 13.8 Å². The number of hydrogen-bond acceptors (Lipinski definition) is 2. The maximum atomic E-state index is 11.8. The van der Waals surface area contributed by atoms with Crippen LogP contribution in [0.25, 0.3) is 0 Å². The first-order valence-electron chi connectivity index (χ1n) is 5.32. The number of hydrogen-bond donors (Lipinski definition) is 0. The molecule has 2 aliphatic heterocycles. The van der Waals surface area contributed by atoms with Crippen molar-refractivity contribution in [1.29, 1.82) is 0 Å². The van der Waals surface area contributed by atoms with Gasteiger partial charge in [0, 0.05) is 5.92 Å². The second-order valence-electron chi connectivity index (χ2n) is 4.87. The zero-order chi connectivity index (χ0) is 10.6. The first kappa shape index (κ1) is 9.69. The molecule has 2 heterocycles. The Hall–Kier alpha value is -0.860. The Bertz CT molecular complexity index is 298. The van der Waals surface area contributed by atoms with Crippen LogP contribution in [0, 0.1) is 17.8 Å². The molecule has 2 rings (SSSR count). The van der Waals surface area contributed by atoms with Crippen molar-refractivity contribution in [3.63, 3.8) is 0 Å². The van der Waals surface area contributed by atoms with Crippen LogP contribution >= 0.6 is 0 Å². The Morgan fingerprint density at radius 2 is 1.79 bits per heavy atom. The summed E-state index contributed by atoms with van der Waals surface area (Å²) >= 11 is 0. The highest BCUT2D eigenvalue weighted by Crippen LogP contribution is 2.44. The zero-order valence-electron chi connectivity index (χ0n) is 9.15. The lowest BCUT2D eigenvalue weighted by Crippen LogP contribution is -2.62. The van der Waals surface area contributed by atoms with Gasteiger partial charge >= 0.3 is 0 Å². The average Bonchev–Trinajstić information content (AvgIpc) is 2.26. The van der Waals surface area contributed by atoms with Gasteiger partial charge in [-0.15, -0.1) is 0 Å². The van der Waals surface area contributed by atoms with Crippen LogP contribution in [0.4, 0.5) is 0 Å². The largest absolute Gasteiger partial charge is 0.328 e. The molecule has 2 saturated heterocycles. The van der Waals surface area contributed by atoms with E-state index in [0.29, 0.717) is 5.92 Å². The van der Waals surface area contributed by atoms with E-state index in [9.17, 15) is 9.59 Å². The van der Waals surface area contributed by atoms with Crippen molar-refractivity contribution in [1.82, 2.24) is 4.90 Å². The quantitative estimate of drug-likeness (QED) is 0.587. The highest BCUT2D eigenvalue weighted by molar-refractivity contribution is 6.00. The summed E-state index contributed by atoms with van der Waals surface area (Å²) in [4.78, 5) is 25.2. The number of β-lactam (4-membered cyclic amide) rings is 1. The molecule has 2 fully saturated rings. The molecule has 0 radical (unpaired) electrons. The molecular formula is C11H17NO2. The SMILES string of the molecule is CC(C)C1C(=O)N2C(C)C(=O)C(C)C12. The molecule has 0 aromatic rings. The van der Waals surface area contributed by atoms with Crippen LogP contribution in [0.1, 0.15) is 27.7 Å². The molecule has 0 spiro atoms. The lowest BCUT2D eigenvalue weighted by atomic mass is 9.76. The second-order valence-corrected chi connectivity index (χ2v) is 4.87. The van der Waals surface area contributed by atoms with E-state index in [1.54, 1.807) is 4.90 Å². The zero-order valence-corrected chi connectivity index (χ0v) is 9.15. The number of rotatable bonds is 1. The maximum Gasteiger partial charge on any atom is 0.228 e. The smallest absolute Gasteiger partial charge is 0.228 e. The fourth-order valence-corrected chi connectivity index (χ4v) is 2.92. The summed E-state index contributed by atoms with van der Waals surface area (Å²) < 4.78 is 0. The van der Waals surface area contributed by atoms with E-state index in [0.717, 1.165) is 0 Å². The summed E-state index contributed by atoms with van der Waals surface area (Å²) in [5.74, 6) is 0.875. The normalized spacial score (nSPS) is 41.6. The summed E-state index contributed by atoms with van der Waals surface area (Å²) in [6.07, 6.45) is 0. The van der Waals surface area contributed by atoms with Crippen LogP contribution in [0.3, 0.4) is 0 Å². The molecule has 0 saturated carbocycles. The van der Waals surface area contributed by atoms with Gasteiger partial charge in [-0.2, -0.15) is 0 Å². The third-order valence-corrected chi connectivity index (χ3v) is 3.74. The number of carbonyl (C=O) groups is 2. The number of nitrogens with zero attached hydrogens (tertiary/aromatic N) is 1. The van der Waals surface area contributed by atoms with E-state index in [1.165, 1.54) is 0 Å². The molecule has 1 amide bonds. The number of fused-ring (bicyclic) bond motifs is 1. The predicted molar refractivity (Wildman–Crippen MR) is 52.6 cm³/mol. The molecule has 4 unspecified atom stereocenters. The van der Waals surface area contributed by atoms with Crippen LogP contribution in [0.15, 0.2) is 0 Å². The summed E-state index contributed by atoms with van der Waals surface area (Å²) in [5, 5.41) is 0. The van der Waals surface area contributed by atoms with Gasteiger partial charge in [0.25, 0.3) is 0 Å². The Morgan fingerprint density at radius 3 is 2.29 bits per heavy atom. The van der Waals surface area contributed by atoms with Crippen LogP contribution in [-0.4, -0.2) is 28.7 Å². The molecule has 0 aromatic carbocycles. The van der Waals surface area contributed by atoms with E-state index >= 15 is 0 Å². The van der Waals surface area contributed by atoms with Crippen LogP contribution < -0.4 is 0 Å². The van der Waals surface area contributed by atoms with E-state index in [-0.39, 0.29) is 35.6 Å². The molecule has 0 N–H and O–H groups in total. The van der Waals surface area contributed by atoms with Crippen LogP contribution in [-0.2, 0) is 9.59 Å². The van der Waals surface area contributed by atoms with Crippen LogP contribution in [0.5, 0.6) is 0 Å². The monoisotopic (exact) mass is 195 g/mol. The molecular weight excluding hydrogens is 178 g/mol. The van der Waals surface area contributed by atoms with Gasteiger partial charge in [0.05, 0.1) is 18.0 Å². The molecule has 4 atom stereocenters. The molecule has 14 heavy (non-hydrogen) atoms. The molecule has 3 heteroatoms. The van der Waals surface area contributed by atoms with Gasteiger partial charge in [-0.1, -0.05) is 20.8 Å². The van der Waals surface area contributed by atoms with Gasteiger partial charge in [0.1, 0.15) is 0 Å². The second kappa shape index (κ2) is 2.81. The van der Waals surface area contributed by atoms with Gasteiger partial charge in [0.15, 0.2) is 5.78 Å². The highest BCUT2D eigenvalue weighted by Gasteiger charge is 2.60. The van der Waals surface area contributed by atoms with E-state index in [2.05, 4.69) is 13.8 Å². The topological polar surface area (TPSA) is 37.4 Å². The van der Waals surface area contributed by atoms with Crippen molar-refractivity contribution in [2.24, 2.45) is 17.8 Å². The van der Waals surface area contributed by atoms with E-state index < -0.39 is 0 Å². The summed E-state index contributed by atoms with van der Waals surface area (Å²) in [6.45, 7) is 7.90. The van der Waals surface area contributed by atoms with Gasteiger partial charge in [0.2, 0.25) is 5.91 Å². The molecule has 3 nitrogen and oxygen atoms in total. The fourth-order valence-electron chi connectivity index (χ4n) is 2.92. The predicted octanol–water partition coefficient (Wildman–Crippen LogP) is 1.08. The van der Waals surface area contributed by atoms with Crippen molar-refractivity contribution >= 4 is 11.7 Å². The number of carbonyl (C=O) groups excluding carboxylic acids is 2. The summed E-state index contributed by atoms with van der Waals surface area (Å²) in [5.41, 5.74) is 0. The Morgan fingerprint density at radius 1 is 1.21 bits per heavy atom. The van der Waals surface area contributed by atoms with Crippen molar-refractivity contribution in [2.75, 3.05) is 0 Å². The minimum atomic E-state index is -0.183. The van der Waals surface area contributed by atoms with Gasteiger partial charge in [-0.3, -0.25) is 9.59 Å². The van der Waals surface area contributed by atoms with E-state index in [4.69, 9.17) is 0 Å². The molecule has 78 valence electrons. The minimum absolute atomic E-state index is 0.0371. The standard InChI is InChI=1S/C11H17NO2/c1-5(2)8-9-6(3)10(13)7(4)12(9)11(8)14/h5-9H,1-4H3. The molecule has 2 aliphatic rings. The highest BCUT2D eigenvalue weighted by atomic mass is 16.2. The Balaban J connectivity index is 2.27. The molecule has 0 aromatic heterocycles. The lowest BCUT2D eigenvalue weighted by molar-refractivity contribution is -0.160. The van der Waals surface area contributed by atoms with Crippen molar-refractivity contribution < 1.29 is 9.59 Å². The first-order chi connectivity index (χ1) is 6.46. The molecule has 0 aliphatic carbocycles. The number of Topliss-reactive ketones (excluding diaryl/α,β-unsaturated/α-hetero) is 1. The van der Waals surface area contributed by atoms with Gasteiger partial charge in [-0.05, 0) is 12.8 Å². The Kier molecular flexibility index (Phi) is 1.95. The van der Waals surface area contributed by atoms with Gasteiger partial charge < -0.3 is 4.90 Å². The Labute approximate surface area is 84.5 Å².